The van der Waals surface area contributed by atoms with Crippen LogP contribution < -0.4 is 22.1 Å². The predicted octanol–water partition coefficient (Wildman–Crippen LogP) is -0.00570. The van der Waals surface area contributed by atoms with Gasteiger partial charge in [-0.3, -0.25) is 9.36 Å². The smallest absolute Gasteiger partial charge is 0.262 e. The molecule has 0 unspecified atom stereocenters. The number of anilines is 1. The zero-order chi connectivity index (χ0) is 12.4. The van der Waals surface area contributed by atoms with Crippen molar-refractivity contribution in [3.05, 3.63) is 40.0 Å². The van der Waals surface area contributed by atoms with Gasteiger partial charge in [0.2, 0.25) is 4.80 Å². The van der Waals surface area contributed by atoms with Gasteiger partial charge in [0.1, 0.15) is 10.7 Å². The average Bonchev–Trinajstić information content (AvgIpc) is 2.67. The number of nitrogens with two attached hydrogens (primary N) is 3. The molecule has 1 aromatic heterocycles. The number of para-hydroxylation sites is 1. The van der Waals surface area contributed by atoms with Gasteiger partial charge >= 0.3 is 0 Å². The van der Waals surface area contributed by atoms with Crippen LogP contribution in [-0.4, -0.2) is 10.5 Å². The monoisotopic (exact) mass is 249 g/mol. The largest absolute Gasteiger partial charge is 0.383 e. The first-order valence-electron chi connectivity index (χ1n) is 4.75. The van der Waals surface area contributed by atoms with E-state index in [4.69, 9.17) is 17.3 Å². The number of thiazole rings is 1. The molecule has 0 atom stereocenters. The maximum atomic E-state index is 11.2. The minimum atomic E-state index is -0.591. The van der Waals surface area contributed by atoms with Crippen molar-refractivity contribution in [2.75, 3.05) is 5.73 Å². The maximum absolute atomic E-state index is 11.2. The summed E-state index contributed by atoms with van der Waals surface area (Å²) in [5, 5.41) is 3.60. The third-order valence-corrected chi connectivity index (χ3v) is 3.29. The number of hydrogen-bond donors (Lipinski definition) is 3. The number of amides is 1. The highest BCUT2D eigenvalue weighted by Crippen LogP contribution is 2.18. The zero-order valence-electron chi connectivity index (χ0n) is 8.83. The molecule has 0 aliphatic heterocycles. The molecule has 1 amide bonds. The summed E-state index contributed by atoms with van der Waals surface area (Å²) in [7, 11) is 0. The van der Waals surface area contributed by atoms with Crippen molar-refractivity contribution in [2.24, 2.45) is 16.7 Å². The van der Waals surface area contributed by atoms with Crippen molar-refractivity contribution in [3.63, 3.8) is 0 Å². The molecule has 88 valence electrons. The Labute approximate surface area is 101 Å². The number of hydrogen-bond acceptors (Lipinski definition) is 5. The van der Waals surface area contributed by atoms with Crippen molar-refractivity contribution >= 4 is 23.1 Å². The fourth-order valence-corrected chi connectivity index (χ4v) is 2.31. The van der Waals surface area contributed by atoms with Gasteiger partial charge in [0.25, 0.3) is 5.91 Å². The number of rotatable bonds is 2. The van der Waals surface area contributed by atoms with E-state index in [1.54, 1.807) is 4.57 Å². The Hall–Kier alpha value is -2.28. The number of carbonyl (C=O) groups is 1. The van der Waals surface area contributed by atoms with E-state index in [1.165, 1.54) is 0 Å². The topological polar surface area (TPSA) is 112 Å². The first-order chi connectivity index (χ1) is 8.15. The second-order valence-corrected chi connectivity index (χ2v) is 4.24. The number of aromatic nitrogens is 1. The Kier molecular flexibility index (Phi) is 2.84. The van der Waals surface area contributed by atoms with Gasteiger partial charge in [0.15, 0.2) is 0 Å². The number of nitrogens with zero attached hydrogens (tertiary/aromatic N) is 2. The van der Waals surface area contributed by atoms with E-state index in [9.17, 15) is 4.79 Å². The summed E-state index contributed by atoms with van der Waals surface area (Å²) in [6.45, 7) is 0. The molecular weight excluding hydrogens is 238 g/mol. The minimum absolute atomic E-state index is 0.248. The molecule has 6 N–H and O–H groups in total. The molecule has 0 saturated carbocycles. The van der Waals surface area contributed by atoms with Gasteiger partial charge in [-0.2, -0.15) is 5.10 Å². The Morgan fingerprint density at radius 2 is 1.94 bits per heavy atom. The van der Waals surface area contributed by atoms with Crippen molar-refractivity contribution in [1.29, 1.82) is 0 Å². The van der Waals surface area contributed by atoms with Crippen molar-refractivity contribution < 1.29 is 4.79 Å². The number of primary amides is 1. The highest BCUT2D eigenvalue weighted by atomic mass is 32.1. The van der Waals surface area contributed by atoms with Crippen molar-refractivity contribution in [1.82, 2.24) is 4.57 Å². The van der Waals surface area contributed by atoms with Crippen LogP contribution in [0.2, 0.25) is 0 Å². The Morgan fingerprint density at radius 1 is 1.29 bits per heavy atom. The molecule has 6 nitrogen and oxygen atoms in total. The normalized spacial score (nSPS) is 11.6. The standard InChI is InChI=1S/C10H11N5OS/c11-8-7(9(12)16)17-10(14-13)15(8)6-4-2-1-3-5-6/h1-5H,11,13H2,(H2,12,16). The van der Waals surface area contributed by atoms with Gasteiger partial charge in [0.05, 0.1) is 0 Å². The van der Waals surface area contributed by atoms with Crippen LogP contribution in [0.1, 0.15) is 9.67 Å². The second-order valence-electron chi connectivity index (χ2n) is 3.26. The molecule has 0 radical (unpaired) electrons. The van der Waals surface area contributed by atoms with Crippen LogP contribution >= 0.6 is 11.3 Å². The Bertz CT molecular complexity index is 613. The lowest BCUT2D eigenvalue weighted by molar-refractivity contribution is 0.100. The number of nitrogen functional groups attached to an aromatic ring is 1. The lowest BCUT2D eigenvalue weighted by atomic mass is 10.3. The van der Waals surface area contributed by atoms with Crippen LogP contribution in [0.5, 0.6) is 0 Å². The molecule has 0 saturated heterocycles. The predicted molar refractivity (Wildman–Crippen MR) is 66.3 cm³/mol. The SMILES string of the molecule is NN=c1sc(C(N)=O)c(N)n1-c1ccccc1. The summed E-state index contributed by atoms with van der Waals surface area (Å²) in [6, 6.07) is 9.25. The third-order valence-electron chi connectivity index (χ3n) is 2.21. The fourth-order valence-electron chi connectivity index (χ4n) is 1.48. The average molecular weight is 249 g/mol. The van der Waals surface area contributed by atoms with Crippen LogP contribution in [0.4, 0.5) is 5.82 Å². The quantitative estimate of drug-likeness (QED) is 0.514. The summed E-state index contributed by atoms with van der Waals surface area (Å²) in [5.74, 6) is 4.93. The summed E-state index contributed by atoms with van der Waals surface area (Å²) in [6.07, 6.45) is 0. The van der Waals surface area contributed by atoms with Crippen LogP contribution in [-0.2, 0) is 0 Å². The molecule has 0 fully saturated rings. The summed E-state index contributed by atoms with van der Waals surface area (Å²) in [4.78, 5) is 11.9. The van der Waals surface area contributed by atoms with E-state index in [0.717, 1.165) is 17.0 Å². The fraction of sp³-hybridized carbons (Fsp3) is 0. The molecule has 0 bridgehead atoms. The lowest BCUT2D eigenvalue weighted by Crippen LogP contribution is -2.17. The molecule has 7 heteroatoms. The second kappa shape index (κ2) is 4.30. The van der Waals surface area contributed by atoms with E-state index in [2.05, 4.69) is 5.10 Å². The van der Waals surface area contributed by atoms with E-state index in [1.807, 2.05) is 30.3 Å². The van der Waals surface area contributed by atoms with Crippen molar-refractivity contribution in [3.8, 4) is 5.69 Å². The summed E-state index contributed by atoms with van der Waals surface area (Å²) < 4.78 is 1.59. The van der Waals surface area contributed by atoms with Gasteiger partial charge in [-0.25, -0.2) is 0 Å². The van der Waals surface area contributed by atoms with Gasteiger partial charge < -0.3 is 17.3 Å². The van der Waals surface area contributed by atoms with Crippen LogP contribution in [0, 0.1) is 0 Å². The van der Waals surface area contributed by atoms with Crippen molar-refractivity contribution in [2.45, 2.75) is 0 Å². The third kappa shape index (κ3) is 1.87. The highest BCUT2D eigenvalue weighted by molar-refractivity contribution is 7.12. The van der Waals surface area contributed by atoms with Crippen LogP contribution in [0.15, 0.2) is 35.4 Å². The number of benzene rings is 1. The van der Waals surface area contributed by atoms with Gasteiger partial charge in [0, 0.05) is 5.69 Å². The molecule has 0 aliphatic carbocycles. The van der Waals surface area contributed by atoms with E-state index >= 15 is 0 Å². The van der Waals surface area contributed by atoms with E-state index in [0.29, 0.717) is 4.80 Å². The number of carbonyl (C=O) groups excluding carboxylic acids is 1. The lowest BCUT2D eigenvalue weighted by Gasteiger charge is -2.04. The molecule has 1 aromatic carbocycles. The van der Waals surface area contributed by atoms with Crippen LogP contribution in [0.3, 0.4) is 0 Å². The first-order valence-corrected chi connectivity index (χ1v) is 5.57. The maximum Gasteiger partial charge on any atom is 0.262 e. The molecule has 1 heterocycles. The van der Waals surface area contributed by atoms with Gasteiger partial charge in [-0.1, -0.05) is 29.5 Å². The highest BCUT2D eigenvalue weighted by Gasteiger charge is 2.15. The Balaban J connectivity index is 2.74. The molecule has 17 heavy (non-hydrogen) atoms. The molecule has 0 aliphatic rings. The molecule has 2 rings (SSSR count). The van der Waals surface area contributed by atoms with E-state index < -0.39 is 5.91 Å². The molecule has 0 spiro atoms. The summed E-state index contributed by atoms with van der Waals surface area (Å²) in [5.41, 5.74) is 11.9. The minimum Gasteiger partial charge on any atom is -0.383 e. The van der Waals surface area contributed by atoms with Crippen LogP contribution in [0.25, 0.3) is 5.69 Å². The van der Waals surface area contributed by atoms with E-state index in [-0.39, 0.29) is 10.7 Å². The molecular formula is C10H11N5OS. The van der Waals surface area contributed by atoms with Gasteiger partial charge in [-0.15, -0.1) is 0 Å². The first kappa shape index (κ1) is 11.2. The Morgan fingerprint density at radius 3 is 2.47 bits per heavy atom. The zero-order valence-corrected chi connectivity index (χ0v) is 9.65. The van der Waals surface area contributed by atoms with Gasteiger partial charge in [-0.05, 0) is 12.1 Å². The summed E-state index contributed by atoms with van der Waals surface area (Å²) >= 11 is 1.06. The molecule has 2 aromatic rings.